The monoisotopic (exact) mass is 267 g/mol. The lowest BCUT2D eigenvalue weighted by Crippen LogP contribution is -2.28. The first-order valence-electron chi connectivity index (χ1n) is 5.22. The van der Waals surface area contributed by atoms with E-state index in [9.17, 15) is 4.79 Å². The Kier molecular flexibility index (Phi) is 3.86. The zero-order valence-electron chi connectivity index (χ0n) is 9.61. The van der Waals surface area contributed by atoms with E-state index < -0.39 is 0 Å². The van der Waals surface area contributed by atoms with Crippen molar-refractivity contribution < 1.29 is 4.79 Å². The average molecular weight is 267 g/mol. The zero-order valence-corrected chi connectivity index (χ0v) is 11.2. The topological polar surface area (TPSA) is 54.0 Å². The Labute approximate surface area is 108 Å². The molecule has 0 radical (unpaired) electrons. The third-order valence-electron chi connectivity index (χ3n) is 2.15. The van der Waals surface area contributed by atoms with Crippen molar-refractivity contribution in [2.24, 2.45) is 0 Å². The highest BCUT2D eigenvalue weighted by atomic mass is 32.2. The summed E-state index contributed by atoms with van der Waals surface area (Å²) in [5.74, 6) is 0. The molecular formula is C11H13N3OS2. The largest absolute Gasteiger partial charge is 0.338 e. The van der Waals surface area contributed by atoms with Crippen LogP contribution in [0, 0.1) is 0 Å². The molecule has 0 aliphatic carbocycles. The van der Waals surface area contributed by atoms with Gasteiger partial charge in [-0.1, -0.05) is 11.3 Å². The predicted molar refractivity (Wildman–Crippen MR) is 74.1 cm³/mol. The molecule has 0 saturated carbocycles. The molecule has 1 heterocycles. The first-order chi connectivity index (χ1) is 8.22. The Morgan fingerprint density at radius 1 is 1.53 bits per heavy atom. The summed E-state index contributed by atoms with van der Waals surface area (Å²) < 4.78 is 1.09. The van der Waals surface area contributed by atoms with Gasteiger partial charge in [-0.3, -0.25) is 5.32 Å². The average Bonchev–Trinajstić information content (AvgIpc) is 2.69. The number of urea groups is 1. The lowest BCUT2D eigenvalue weighted by molar-refractivity contribution is 0.252. The molecule has 17 heavy (non-hydrogen) atoms. The van der Waals surface area contributed by atoms with Crippen molar-refractivity contribution in [1.29, 1.82) is 0 Å². The van der Waals surface area contributed by atoms with Crippen molar-refractivity contribution in [3.63, 3.8) is 0 Å². The molecule has 2 amide bonds. The van der Waals surface area contributed by atoms with E-state index in [2.05, 4.69) is 21.7 Å². The van der Waals surface area contributed by atoms with Crippen LogP contribution < -0.4 is 10.6 Å². The summed E-state index contributed by atoms with van der Waals surface area (Å²) in [4.78, 5) is 16.9. The van der Waals surface area contributed by atoms with Gasteiger partial charge >= 0.3 is 6.03 Å². The van der Waals surface area contributed by atoms with Crippen LogP contribution in [0.3, 0.4) is 0 Å². The quantitative estimate of drug-likeness (QED) is 0.840. The molecule has 0 fully saturated rings. The number of rotatable bonds is 3. The van der Waals surface area contributed by atoms with Crippen LogP contribution in [0.1, 0.15) is 6.92 Å². The van der Waals surface area contributed by atoms with Gasteiger partial charge in [0.1, 0.15) is 0 Å². The van der Waals surface area contributed by atoms with Gasteiger partial charge < -0.3 is 5.32 Å². The van der Waals surface area contributed by atoms with Crippen LogP contribution in [-0.2, 0) is 0 Å². The van der Waals surface area contributed by atoms with E-state index in [1.165, 1.54) is 16.2 Å². The number of carbonyl (C=O) groups is 1. The molecule has 0 bridgehead atoms. The summed E-state index contributed by atoms with van der Waals surface area (Å²) in [7, 11) is 0. The molecule has 1 aromatic carbocycles. The molecule has 0 aliphatic heterocycles. The van der Waals surface area contributed by atoms with Crippen molar-refractivity contribution in [2.45, 2.75) is 11.8 Å². The first-order valence-corrected chi connectivity index (χ1v) is 7.26. The summed E-state index contributed by atoms with van der Waals surface area (Å²) in [6.07, 6.45) is 2.04. The molecule has 2 rings (SSSR count). The molecular weight excluding hydrogens is 254 g/mol. The molecule has 2 aromatic rings. The van der Waals surface area contributed by atoms with Crippen molar-refractivity contribution in [2.75, 3.05) is 18.1 Å². The van der Waals surface area contributed by atoms with Crippen LogP contribution in [0.5, 0.6) is 0 Å². The Morgan fingerprint density at radius 3 is 3.06 bits per heavy atom. The zero-order chi connectivity index (χ0) is 12.3. The van der Waals surface area contributed by atoms with Gasteiger partial charge in [0, 0.05) is 11.4 Å². The Balaban J connectivity index is 2.22. The SMILES string of the molecule is CCNC(=O)Nc1nc2ccc(SC)cc2s1. The number of thioether (sulfide) groups is 1. The molecule has 1 aromatic heterocycles. The Morgan fingerprint density at radius 2 is 2.35 bits per heavy atom. The van der Waals surface area contributed by atoms with Gasteiger partial charge in [0.25, 0.3) is 0 Å². The number of hydrogen-bond donors (Lipinski definition) is 2. The van der Waals surface area contributed by atoms with Crippen LogP contribution >= 0.6 is 23.1 Å². The second-order valence-electron chi connectivity index (χ2n) is 3.34. The molecule has 0 aliphatic rings. The third-order valence-corrected chi connectivity index (χ3v) is 3.81. The maximum atomic E-state index is 11.4. The smallest absolute Gasteiger partial charge is 0.321 e. The van der Waals surface area contributed by atoms with Gasteiger partial charge in [-0.25, -0.2) is 9.78 Å². The third kappa shape index (κ3) is 2.89. The summed E-state index contributed by atoms with van der Waals surface area (Å²) >= 11 is 3.18. The molecule has 6 heteroatoms. The predicted octanol–water partition coefficient (Wildman–Crippen LogP) is 3.16. The van der Waals surface area contributed by atoms with Crippen molar-refractivity contribution >= 4 is 44.5 Å². The number of nitrogens with zero attached hydrogens (tertiary/aromatic N) is 1. The number of anilines is 1. The second kappa shape index (κ2) is 5.37. The van der Waals surface area contributed by atoms with Gasteiger partial charge in [0.05, 0.1) is 10.2 Å². The van der Waals surface area contributed by atoms with Crippen molar-refractivity contribution in [3.05, 3.63) is 18.2 Å². The van der Waals surface area contributed by atoms with E-state index in [1.807, 2.05) is 25.3 Å². The molecule has 0 unspecified atom stereocenters. The lowest BCUT2D eigenvalue weighted by Gasteiger charge is -2.00. The maximum Gasteiger partial charge on any atom is 0.321 e. The number of thiazole rings is 1. The summed E-state index contributed by atoms with van der Waals surface area (Å²) in [5, 5.41) is 6.02. The molecule has 0 atom stereocenters. The highest BCUT2D eigenvalue weighted by Gasteiger charge is 2.07. The number of aromatic nitrogens is 1. The standard InChI is InChI=1S/C11H13N3OS2/c1-3-12-10(15)14-11-13-8-5-4-7(16-2)6-9(8)17-11/h4-6H,3H2,1-2H3,(H2,12,13,14,15). The van der Waals surface area contributed by atoms with E-state index in [0.717, 1.165) is 10.2 Å². The van der Waals surface area contributed by atoms with Crippen molar-refractivity contribution in [3.8, 4) is 0 Å². The Bertz CT molecular complexity index is 538. The van der Waals surface area contributed by atoms with Crippen LogP contribution in [0.25, 0.3) is 10.2 Å². The number of fused-ring (bicyclic) bond motifs is 1. The number of hydrogen-bond acceptors (Lipinski definition) is 4. The number of carbonyl (C=O) groups excluding carboxylic acids is 1. The minimum atomic E-state index is -0.211. The second-order valence-corrected chi connectivity index (χ2v) is 5.25. The fourth-order valence-corrected chi connectivity index (χ4v) is 2.80. The van der Waals surface area contributed by atoms with Crippen molar-refractivity contribution in [1.82, 2.24) is 10.3 Å². The van der Waals surface area contributed by atoms with Crippen LogP contribution in [-0.4, -0.2) is 23.8 Å². The molecule has 90 valence electrons. The van der Waals surface area contributed by atoms with Crippen LogP contribution in [0.4, 0.5) is 9.93 Å². The minimum Gasteiger partial charge on any atom is -0.338 e. The van der Waals surface area contributed by atoms with Crippen LogP contribution in [0.15, 0.2) is 23.1 Å². The van der Waals surface area contributed by atoms with E-state index >= 15 is 0 Å². The fraction of sp³-hybridized carbons (Fsp3) is 0.273. The van der Waals surface area contributed by atoms with Crippen LogP contribution in [0.2, 0.25) is 0 Å². The fourth-order valence-electron chi connectivity index (χ4n) is 1.39. The summed E-state index contributed by atoms with van der Waals surface area (Å²) in [6, 6.07) is 5.88. The van der Waals surface area contributed by atoms with E-state index in [-0.39, 0.29) is 6.03 Å². The van der Waals surface area contributed by atoms with Gasteiger partial charge in [-0.05, 0) is 31.4 Å². The summed E-state index contributed by atoms with van der Waals surface area (Å²) in [5.41, 5.74) is 0.916. The van der Waals surface area contributed by atoms with Gasteiger partial charge in [-0.2, -0.15) is 0 Å². The summed E-state index contributed by atoms with van der Waals surface area (Å²) in [6.45, 7) is 2.48. The highest BCUT2D eigenvalue weighted by Crippen LogP contribution is 2.29. The normalized spacial score (nSPS) is 10.5. The molecule has 4 nitrogen and oxygen atoms in total. The van der Waals surface area contributed by atoms with Gasteiger partial charge in [0.15, 0.2) is 5.13 Å². The Hall–Kier alpha value is -1.27. The molecule has 0 spiro atoms. The molecule has 0 saturated heterocycles. The first kappa shape index (κ1) is 12.2. The number of nitrogens with one attached hydrogen (secondary N) is 2. The van der Waals surface area contributed by atoms with Gasteiger partial charge in [0.2, 0.25) is 0 Å². The lowest BCUT2D eigenvalue weighted by atomic mass is 10.3. The number of benzene rings is 1. The maximum absolute atomic E-state index is 11.4. The van der Waals surface area contributed by atoms with E-state index in [0.29, 0.717) is 11.7 Å². The number of amides is 2. The van der Waals surface area contributed by atoms with E-state index in [1.54, 1.807) is 11.8 Å². The highest BCUT2D eigenvalue weighted by molar-refractivity contribution is 7.98. The molecule has 2 N–H and O–H groups in total. The van der Waals surface area contributed by atoms with Gasteiger partial charge in [-0.15, -0.1) is 11.8 Å². The van der Waals surface area contributed by atoms with E-state index in [4.69, 9.17) is 0 Å². The minimum absolute atomic E-state index is 0.211.